The van der Waals surface area contributed by atoms with Crippen LogP contribution in [0.4, 0.5) is 5.13 Å². The molecule has 28 heavy (non-hydrogen) atoms. The Bertz CT molecular complexity index is 1090. The van der Waals surface area contributed by atoms with Crippen molar-refractivity contribution in [2.45, 2.75) is 32.1 Å². The third kappa shape index (κ3) is 3.52. The second kappa shape index (κ2) is 7.42. The zero-order chi connectivity index (χ0) is 19.9. The van der Waals surface area contributed by atoms with E-state index < -0.39 is 10.0 Å². The van der Waals surface area contributed by atoms with Gasteiger partial charge in [0.15, 0.2) is 5.13 Å². The fourth-order valence-electron chi connectivity index (χ4n) is 3.57. The first-order valence-electron chi connectivity index (χ1n) is 9.41. The van der Waals surface area contributed by atoms with E-state index in [9.17, 15) is 8.42 Å². The highest BCUT2D eigenvalue weighted by atomic mass is 32.2. The second-order valence-corrected chi connectivity index (χ2v) is 10.1. The van der Waals surface area contributed by atoms with Crippen LogP contribution in [0.1, 0.15) is 23.1 Å². The van der Waals surface area contributed by atoms with Gasteiger partial charge in [0.1, 0.15) is 10.3 Å². The van der Waals surface area contributed by atoms with E-state index in [1.807, 2.05) is 45.0 Å². The van der Waals surface area contributed by atoms with Gasteiger partial charge in [0, 0.05) is 32.4 Å². The van der Waals surface area contributed by atoms with E-state index in [0.29, 0.717) is 24.5 Å². The number of nitrogens with zero attached hydrogens (tertiary/aromatic N) is 4. The molecule has 0 aliphatic carbocycles. The third-order valence-corrected chi connectivity index (χ3v) is 8.37. The first kappa shape index (κ1) is 19.3. The molecule has 0 unspecified atom stereocenters. The molecule has 2 aromatic heterocycles. The standard InChI is InChI=1S/C20H24N4O2S2/c1-14-12-16(3)18(13-15(14)2)28(25,26)24-9-5-8-23(10-11-24)20-22-17-6-4-7-21-19(17)27-20/h4,6-7,12-13H,5,8-11H2,1-3H3. The van der Waals surface area contributed by atoms with Crippen molar-refractivity contribution in [3.05, 3.63) is 47.2 Å². The average molecular weight is 417 g/mol. The highest BCUT2D eigenvalue weighted by Crippen LogP contribution is 2.29. The van der Waals surface area contributed by atoms with Crippen LogP contribution in [-0.4, -0.2) is 48.9 Å². The van der Waals surface area contributed by atoms with Crippen molar-refractivity contribution in [1.29, 1.82) is 0 Å². The largest absolute Gasteiger partial charge is 0.347 e. The van der Waals surface area contributed by atoms with Gasteiger partial charge in [0.05, 0.1) is 4.90 Å². The number of aromatic nitrogens is 2. The summed E-state index contributed by atoms with van der Waals surface area (Å²) in [6.45, 7) is 8.24. The monoisotopic (exact) mass is 416 g/mol. The lowest BCUT2D eigenvalue weighted by Gasteiger charge is -2.22. The zero-order valence-electron chi connectivity index (χ0n) is 16.3. The van der Waals surface area contributed by atoms with Crippen molar-refractivity contribution in [2.75, 3.05) is 31.1 Å². The molecule has 1 aliphatic heterocycles. The topological polar surface area (TPSA) is 66.4 Å². The molecule has 0 N–H and O–H groups in total. The molecule has 4 rings (SSSR count). The quantitative estimate of drug-likeness (QED) is 0.654. The van der Waals surface area contributed by atoms with Crippen molar-refractivity contribution >= 4 is 36.8 Å². The minimum atomic E-state index is -3.51. The maximum Gasteiger partial charge on any atom is 0.243 e. The lowest BCUT2D eigenvalue weighted by atomic mass is 10.1. The van der Waals surface area contributed by atoms with Gasteiger partial charge in [0.2, 0.25) is 10.0 Å². The summed E-state index contributed by atoms with van der Waals surface area (Å²) < 4.78 is 28.2. The van der Waals surface area contributed by atoms with Gasteiger partial charge in [-0.1, -0.05) is 17.4 Å². The van der Waals surface area contributed by atoms with Crippen LogP contribution in [0, 0.1) is 20.8 Å². The molecule has 0 saturated carbocycles. The minimum Gasteiger partial charge on any atom is -0.347 e. The van der Waals surface area contributed by atoms with Crippen LogP contribution in [0.15, 0.2) is 35.4 Å². The fourth-order valence-corrected chi connectivity index (χ4v) is 6.29. The lowest BCUT2D eigenvalue weighted by molar-refractivity contribution is 0.432. The summed E-state index contributed by atoms with van der Waals surface area (Å²) in [4.78, 5) is 12.5. The molecule has 0 atom stereocenters. The van der Waals surface area contributed by atoms with E-state index >= 15 is 0 Å². The number of benzene rings is 1. The van der Waals surface area contributed by atoms with Crippen LogP contribution in [0.25, 0.3) is 10.3 Å². The smallest absolute Gasteiger partial charge is 0.243 e. The zero-order valence-corrected chi connectivity index (χ0v) is 18.0. The van der Waals surface area contributed by atoms with Crippen molar-refractivity contribution in [2.24, 2.45) is 0 Å². The molecular formula is C20H24N4O2S2. The Hall–Kier alpha value is -2.03. The first-order chi connectivity index (χ1) is 13.4. The summed E-state index contributed by atoms with van der Waals surface area (Å²) >= 11 is 1.56. The molecule has 0 radical (unpaired) electrons. The molecule has 3 aromatic rings. The lowest BCUT2D eigenvalue weighted by Crippen LogP contribution is -2.35. The molecule has 0 spiro atoms. The van der Waals surface area contributed by atoms with Crippen LogP contribution in [0.2, 0.25) is 0 Å². The van der Waals surface area contributed by atoms with Crippen molar-refractivity contribution in [3.63, 3.8) is 0 Å². The fraction of sp³-hybridized carbons (Fsp3) is 0.400. The summed E-state index contributed by atoms with van der Waals surface area (Å²) in [7, 11) is -3.51. The number of anilines is 1. The molecule has 0 bridgehead atoms. The second-order valence-electron chi connectivity index (χ2n) is 7.27. The number of hydrogen-bond acceptors (Lipinski definition) is 6. The van der Waals surface area contributed by atoms with Gasteiger partial charge in [-0.2, -0.15) is 4.31 Å². The van der Waals surface area contributed by atoms with E-state index in [4.69, 9.17) is 0 Å². The number of thiazole rings is 1. The molecule has 148 valence electrons. The molecule has 1 aromatic carbocycles. The first-order valence-corrected chi connectivity index (χ1v) is 11.7. The van der Waals surface area contributed by atoms with Crippen molar-refractivity contribution < 1.29 is 8.42 Å². The molecule has 1 fully saturated rings. The van der Waals surface area contributed by atoms with Gasteiger partial charge < -0.3 is 4.90 Å². The van der Waals surface area contributed by atoms with Crippen LogP contribution in [0.3, 0.4) is 0 Å². The highest BCUT2D eigenvalue weighted by Gasteiger charge is 2.29. The van der Waals surface area contributed by atoms with Crippen LogP contribution < -0.4 is 4.90 Å². The maximum absolute atomic E-state index is 13.3. The predicted octanol–water partition coefficient (Wildman–Crippen LogP) is 3.52. The molecule has 0 amide bonds. The van der Waals surface area contributed by atoms with Gasteiger partial charge in [-0.25, -0.2) is 18.4 Å². The summed E-state index contributed by atoms with van der Waals surface area (Å²) in [6.07, 6.45) is 2.54. The van der Waals surface area contributed by atoms with Crippen molar-refractivity contribution in [3.8, 4) is 0 Å². The number of pyridine rings is 1. The number of rotatable bonds is 3. The molecule has 1 aliphatic rings. The van der Waals surface area contributed by atoms with Gasteiger partial charge in [-0.3, -0.25) is 0 Å². The minimum absolute atomic E-state index is 0.424. The Labute approximate surface area is 169 Å². The van der Waals surface area contributed by atoms with Gasteiger partial charge >= 0.3 is 0 Å². The average Bonchev–Trinajstić information content (AvgIpc) is 2.92. The highest BCUT2D eigenvalue weighted by molar-refractivity contribution is 7.89. The van der Waals surface area contributed by atoms with Gasteiger partial charge in [-0.05, 0) is 62.1 Å². The van der Waals surface area contributed by atoms with E-state index in [1.165, 1.54) is 0 Å². The normalized spacial score (nSPS) is 16.5. The summed E-state index contributed by atoms with van der Waals surface area (Å²) in [5.74, 6) is 0. The van der Waals surface area contributed by atoms with Crippen LogP contribution in [0.5, 0.6) is 0 Å². The number of fused-ring (bicyclic) bond motifs is 1. The Morgan fingerprint density at radius 3 is 2.57 bits per heavy atom. The third-order valence-electron chi connectivity index (χ3n) is 5.29. The van der Waals surface area contributed by atoms with Gasteiger partial charge in [0.25, 0.3) is 0 Å². The number of sulfonamides is 1. The Morgan fingerprint density at radius 2 is 1.79 bits per heavy atom. The summed E-state index contributed by atoms with van der Waals surface area (Å²) in [5, 5.41) is 0.912. The molecular weight excluding hydrogens is 392 g/mol. The predicted molar refractivity (Wildman–Crippen MR) is 114 cm³/mol. The molecule has 1 saturated heterocycles. The Kier molecular flexibility index (Phi) is 5.11. The van der Waals surface area contributed by atoms with E-state index in [2.05, 4.69) is 14.9 Å². The summed E-state index contributed by atoms with van der Waals surface area (Å²) in [5.41, 5.74) is 3.81. The van der Waals surface area contributed by atoms with Crippen molar-refractivity contribution in [1.82, 2.24) is 14.3 Å². The van der Waals surface area contributed by atoms with Crippen LogP contribution in [-0.2, 0) is 10.0 Å². The van der Waals surface area contributed by atoms with Gasteiger partial charge in [-0.15, -0.1) is 0 Å². The maximum atomic E-state index is 13.3. The molecule has 3 heterocycles. The number of hydrogen-bond donors (Lipinski definition) is 0. The summed E-state index contributed by atoms with van der Waals surface area (Å²) in [6, 6.07) is 7.61. The van der Waals surface area contributed by atoms with E-state index in [-0.39, 0.29) is 0 Å². The molecule has 8 heteroatoms. The van der Waals surface area contributed by atoms with E-state index in [1.54, 1.807) is 21.8 Å². The number of aryl methyl sites for hydroxylation is 3. The Balaban J connectivity index is 1.57. The molecule has 6 nitrogen and oxygen atoms in total. The Morgan fingerprint density at radius 1 is 1.00 bits per heavy atom. The van der Waals surface area contributed by atoms with E-state index in [0.717, 1.165) is 45.1 Å². The SMILES string of the molecule is Cc1cc(C)c(S(=O)(=O)N2CCCN(c3nc4cccnc4s3)CC2)cc1C. The van der Waals surface area contributed by atoms with Crippen LogP contribution >= 0.6 is 11.3 Å².